The van der Waals surface area contributed by atoms with Crippen LogP contribution in [0.5, 0.6) is 0 Å². The van der Waals surface area contributed by atoms with Gasteiger partial charge < -0.3 is 9.63 Å². The summed E-state index contributed by atoms with van der Waals surface area (Å²) in [5.41, 5.74) is 0.718. The topological polar surface area (TPSA) is 81.8 Å². The third-order valence-corrected chi connectivity index (χ3v) is 3.79. The largest absolute Gasteiger partial charge is 0.395 e. The summed E-state index contributed by atoms with van der Waals surface area (Å²) in [5, 5.41) is 15.7. The zero-order valence-electron chi connectivity index (χ0n) is 13.6. The second-order valence-electron chi connectivity index (χ2n) is 6.72. The number of carbonyl (C=O) groups excluding carboxylic acids is 1. The molecule has 0 unspecified atom stereocenters. The number of aliphatic hydroxyl groups excluding tert-OH is 1. The lowest BCUT2D eigenvalue weighted by Crippen LogP contribution is -2.49. The second kappa shape index (κ2) is 7.21. The van der Waals surface area contributed by atoms with Crippen molar-refractivity contribution >= 4 is 11.8 Å². The highest BCUT2D eigenvalue weighted by atomic mass is 16.5. The maximum absolute atomic E-state index is 12.1. The summed E-state index contributed by atoms with van der Waals surface area (Å²) in [5.74, 6) is 0.307. The minimum Gasteiger partial charge on any atom is -0.395 e. The summed E-state index contributed by atoms with van der Waals surface area (Å²) in [6, 6.07) is 1.77. The third kappa shape index (κ3) is 4.79. The molecule has 0 spiro atoms. The molecular weight excluding hydrogens is 284 g/mol. The number of carbonyl (C=O) groups is 1. The second-order valence-corrected chi connectivity index (χ2v) is 6.72. The molecule has 1 aliphatic heterocycles. The van der Waals surface area contributed by atoms with Crippen molar-refractivity contribution in [2.75, 3.05) is 51.2 Å². The first-order valence-corrected chi connectivity index (χ1v) is 7.71. The maximum atomic E-state index is 12.1. The molecule has 1 saturated heterocycles. The predicted octanol–water partition coefficient (Wildman–Crippen LogP) is 0.521. The molecule has 2 N–H and O–H groups in total. The molecule has 2 rings (SSSR count). The number of rotatable bonds is 5. The molecule has 1 aromatic rings. The van der Waals surface area contributed by atoms with Gasteiger partial charge in [-0.3, -0.25) is 19.9 Å². The van der Waals surface area contributed by atoms with Crippen LogP contribution >= 0.6 is 0 Å². The number of β-amino-alcohol motifs (C(OH)–C–C–N with tert-alkyl or cyclic N) is 1. The van der Waals surface area contributed by atoms with Crippen LogP contribution in [0.15, 0.2) is 10.6 Å². The SMILES string of the molecule is CC(C)(C)c1cc(NC(=O)CN2CCN(CCO)CC2)on1. The quantitative estimate of drug-likeness (QED) is 0.825. The molecule has 1 amide bonds. The van der Waals surface area contributed by atoms with Crippen molar-refractivity contribution in [1.29, 1.82) is 0 Å². The Hall–Kier alpha value is -1.44. The van der Waals surface area contributed by atoms with Crippen molar-refractivity contribution < 1.29 is 14.4 Å². The normalized spacial score (nSPS) is 17.6. The Kier molecular flexibility index (Phi) is 5.55. The number of hydrogen-bond acceptors (Lipinski definition) is 6. The Morgan fingerprint density at radius 1 is 1.32 bits per heavy atom. The standard InChI is InChI=1S/C15H26N4O3/c1-15(2,3)12-10-14(22-17-12)16-13(21)11-19-6-4-18(5-7-19)8-9-20/h10,20H,4-9,11H2,1-3H3,(H,16,21). The smallest absolute Gasteiger partial charge is 0.240 e. The Labute approximate surface area is 131 Å². The van der Waals surface area contributed by atoms with Gasteiger partial charge in [-0.25, -0.2) is 0 Å². The van der Waals surface area contributed by atoms with Crippen LogP contribution in [0.3, 0.4) is 0 Å². The van der Waals surface area contributed by atoms with Gasteiger partial charge in [-0.1, -0.05) is 25.9 Å². The Morgan fingerprint density at radius 2 is 1.95 bits per heavy atom. The molecule has 1 fully saturated rings. The summed E-state index contributed by atoms with van der Waals surface area (Å²) in [7, 11) is 0. The molecule has 0 radical (unpaired) electrons. The van der Waals surface area contributed by atoms with Gasteiger partial charge in [0.15, 0.2) is 0 Å². The summed E-state index contributed by atoms with van der Waals surface area (Å²) in [6.45, 7) is 10.8. The van der Waals surface area contributed by atoms with Crippen molar-refractivity contribution in [3.63, 3.8) is 0 Å². The van der Waals surface area contributed by atoms with Gasteiger partial charge in [0.25, 0.3) is 0 Å². The molecule has 1 aromatic heterocycles. The minimum atomic E-state index is -0.102. The van der Waals surface area contributed by atoms with Crippen LogP contribution in [-0.2, 0) is 10.2 Å². The Morgan fingerprint density at radius 3 is 2.50 bits per heavy atom. The fraction of sp³-hybridized carbons (Fsp3) is 0.733. The van der Waals surface area contributed by atoms with E-state index in [4.69, 9.17) is 9.63 Å². The molecule has 0 bridgehead atoms. The maximum Gasteiger partial charge on any atom is 0.240 e. The van der Waals surface area contributed by atoms with Crippen LogP contribution in [0, 0.1) is 0 Å². The fourth-order valence-corrected chi connectivity index (χ4v) is 2.38. The molecule has 124 valence electrons. The zero-order chi connectivity index (χ0) is 16.2. The Balaban J connectivity index is 1.78. The number of nitrogens with one attached hydrogen (secondary N) is 1. The van der Waals surface area contributed by atoms with Crippen LogP contribution in [-0.4, -0.2) is 71.8 Å². The van der Waals surface area contributed by atoms with Crippen LogP contribution in [0.4, 0.5) is 5.88 Å². The van der Waals surface area contributed by atoms with Gasteiger partial charge in [0.05, 0.1) is 18.8 Å². The lowest BCUT2D eigenvalue weighted by Gasteiger charge is -2.33. The molecule has 7 heteroatoms. The van der Waals surface area contributed by atoms with Crippen molar-refractivity contribution in [1.82, 2.24) is 15.0 Å². The van der Waals surface area contributed by atoms with Gasteiger partial charge >= 0.3 is 0 Å². The number of nitrogens with zero attached hydrogens (tertiary/aromatic N) is 3. The average Bonchev–Trinajstić information content (AvgIpc) is 2.89. The van der Waals surface area contributed by atoms with Gasteiger partial charge in [-0.2, -0.15) is 0 Å². The van der Waals surface area contributed by atoms with Gasteiger partial charge in [-0.15, -0.1) is 0 Å². The van der Waals surface area contributed by atoms with Gasteiger partial charge in [0.1, 0.15) is 0 Å². The molecule has 1 aliphatic rings. The number of hydrogen-bond donors (Lipinski definition) is 2. The van der Waals surface area contributed by atoms with E-state index in [2.05, 4.69) is 20.3 Å². The lowest BCUT2D eigenvalue weighted by molar-refractivity contribution is -0.117. The molecule has 0 aliphatic carbocycles. The number of aromatic nitrogens is 1. The van der Waals surface area contributed by atoms with E-state index in [1.165, 1.54) is 0 Å². The first-order valence-electron chi connectivity index (χ1n) is 7.71. The number of piperazine rings is 1. The highest BCUT2D eigenvalue weighted by molar-refractivity contribution is 5.91. The van der Waals surface area contributed by atoms with Gasteiger partial charge in [0, 0.05) is 44.2 Å². The van der Waals surface area contributed by atoms with Crippen molar-refractivity contribution in [3.05, 3.63) is 11.8 Å². The van der Waals surface area contributed by atoms with E-state index in [1.54, 1.807) is 6.07 Å². The fourth-order valence-electron chi connectivity index (χ4n) is 2.38. The van der Waals surface area contributed by atoms with Crippen LogP contribution in [0.1, 0.15) is 26.5 Å². The van der Waals surface area contributed by atoms with Crippen molar-refractivity contribution in [3.8, 4) is 0 Å². The first kappa shape index (κ1) is 16.9. The van der Waals surface area contributed by atoms with E-state index in [-0.39, 0.29) is 17.9 Å². The molecule has 2 heterocycles. The monoisotopic (exact) mass is 310 g/mol. The first-order chi connectivity index (χ1) is 10.4. The number of amides is 1. The third-order valence-electron chi connectivity index (χ3n) is 3.79. The van der Waals surface area contributed by atoms with E-state index >= 15 is 0 Å². The van der Waals surface area contributed by atoms with Crippen LogP contribution in [0.25, 0.3) is 0 Å². The summed E-state index contributed by atoms with van der Waals surface area (Å²) in [6.07, 6.45) is 0. The minimum absolute atomic E-state index is 0.0905. The molecule has 22 heavy (non-hydrogen) atoms. The van der Waals surface area contributed by atoms with E-state index in [1.807, 2.05) is 20.8 Å². The molecule has 7 nitrogen and oxygen atoms in total. The van der Waals surface area contributed by atoms with Crippen LogP contribution in [0.2, 0.25) is 0 Å². The van der Waals surface area contributed by atoms with Gasteiger partial charge in [0.2, 0.25) is 11.8 Å². The summed E-state index contributed by atoms with van der Waals surface area (Å²) >= 11 is 0. The van der Waals surface area contributed by atoms with Crippen molar-refractivity contribution in [2.24, 2.45) is 0 Å². The molecule has 0 aromatic carbocycles. The number of aliphatic hydroxyl groups is 1. The summed E-state index contributed by atoms with van der Waals surface area (Å²) in [4.78, 5) is 16.3. The number of anilines is 1. The predicted molar refractivity (Wildman–Crippen MR) is 83.8 cm³/mol. The molecular formula is C15H26N4O3. The summed E-state index contributed by atoms with van der Waals surface area (Å²) < 4.78 is 5.16. The van der Waals surface area contributed by atoms with Crippen LogP contribution < -0.4 is 5.32 Å². The highest BCUT2D eigenvalue weighted by Crippen LogP contribution is 2.23. The molecule has 0 saturated carbocycles. The van der Waals surface area contributed by atoms with Crippen molar-refractivity contribution in [2.45, 2.75) is 26.2 Å². The Bertz CT molecular complexity index is 487. The van der Waals surface area contributed by atoms with E-state index in [9.17, 15) is 4.79 Å². The average molecular weight is 310 g/mol. The highest BCUT2D eigenvalue weighted by Gasteiger charge is 2.21. The molecule has 0 atom stereocenters. The van der Waals surface area contributed by atoms with E-state index in [0.717, 1.165) is 31.9 Å². The van der Waals surface area contributed by atoms with E-state index in [0.29, 0.717) is 19.0 Å². The lowest BCUT2D eigenvalue weighted by atomic mass is 9.92. The zero-order valence-corrected chi connectivity index (χ0v) is 13.6. The van der Waals surface area contributed by atoms with Gasteiger partial charge in [-0.05, 0) is 0 Å². The van der Waals surface area contributed by atoms with E-state index < -0.39 is 0 Å².